The number of nitrogens with two attached hydrogens (primary N) is 1. The van der Waals surface area contributed by atoms with Crippen LogP contribution in [0.15, 0.2) is 52.3 Å². The third-order valence-corrected chi connectivity index (χ3v) is 3.90. The van der Waals surface area contributed by atoms with Crippen LogP contribution < -0.4 is 10.5 Å². The summed E-state index contributed by atoms with van der Waals surface area (Å²) in [4.78, 5) is 2.24. The first-order chi connectivity index (χ1) is 8.72. The predicted octanol–water partition coefficient (Wildman–Crippen LogP) is 3.96. The minimum absolute atomic E-state index is 0.514. The smallest absolute Gasteiger partial charge is 0.120 e. The van der Waals surface area contributed by atoms with Gasteiger partial charge in [0.1, 0.15) is 5.75 Å². The SMILES string of the molecule is COc1ccc(CN)c(Sc2ccc(Cl)cc2)c1. The van der Waals surface area contributed by atoms with E-state index in [4.69, 9.17) is 22.1 Å². The van der Waals surface area contributed by atoms with Gasteiger partial charge in [0.25, 0.3) is 0 Å². The standard InChI is InChI=1S/C14H14ClNOS/c1-17-12-5-2-10(9-16)14(8-12)18-13-6-3-11(15)4-7-13/h2-8H,9,16H2,1H3. The van der Waals surface area contributed by atoms with Crippen molar-refractivity contribution in [3.8, 4) is 5.75 Å². The maximum absolute atomic E-state index is 5.87. The lowest BCUT2D eigenvalue weighted by molar-refractivity contribution is 0.413. The normalized spacial score (nSPS) is 10.4. The lowest BCUT2D eigenvalue weighted by Gasteiger charge is -2.09. The van der Waals surface area contributed by atoms with E-state index in [2.05, 4.69) is 0 Å². The van der Waals surface area contributed by atoms with Crippen LogP contribution in [0.3, 0.4) is 0 Å². The van der Waals surface area contributed by atoms with Crippen LogP contribution in [0, 0.1) is 0 Å². The zero-order chi connectivity index (χ0) is 13.0. The van der Waals surface area contributed by atoms with E-state index >= 15 is 0 Å². The summed E-state index contributed by atoms with van der Waals surface area (Å²) >= 11 is 7.53. The van der Waals surface area contributed by atoms with E-state index in [-0.39, 0.29) is 0 Å². The van der Waals surface area contributed by atoms with Crippen molar-refractivity contribution >= 4 is 23.4 Å². The monoisotopic (exact) mass is 279 g/mol. The summed E-state index contributed by atoms with van der Waals surface area (Å²) in [5.74, 6) is 0.837. The highest BCUT2D eigenvalue weighted by Crippen LogP contribution is 2.33. The lowest BCUT2D eigenvalue weighted by atomic mass is 10.2. The Morgan fingerprint density at radius 1 is 1.17 bits per heavy atom. The molecule has 0 aliphatic rings. The fraction of sp³-hybridized carbons (Fsp3) is 0.143. The van der Waals surface area contributed by atoms with E-state index in [1.54, 1.807) is 18.9 Å². The molecule has 2 aromatic carbocycles. The molecule has 0 bridgehead atoms. The van der Waals surface area contributed by atoms with Crippen LogP contribution >= 0.6 is 23.4 Å². The van der Waals surface area contributed by atoms with E-state index in [0.717, 1.165) is 26.1 Å². The molecule has 0 amide bonds. The first kappa shape index (κ1) is 13.3. The average Bonchev–Trinajstić information content (AvgIpc) is 2.41. The highest BCUT2D eigenvalue weighted by molar-refractivity contribution is 7.99. The molecule has 2 nitrogen and oxygen atoms in total. The molecule has 0 heterocycles. The molecule has 4 heteroatoms. The van der Waals surface area contributed by atoms with E-state index in [0.29, 0.717) is 6.54 Å². The Bertz CT molecular complexity index is 528. The summed E-state index contributed by atoms with van der Waals surface area (Å²) in [5.41, 5.74) is 6.85. The molecular weight excluding hydrogens is 266 g/mol. The number of halogens is 1. The van der Waals surface area contributed by atoms with E-state index in [9.17, 15) is 0 Å². The molecule has 0 fully saturated rings. The highest BCUT2D eigenvalue weighted by atomic mass is 35.5. The molecule has 94 valence electrons. The van der Waals surface area contributed by atoms with Gasteiger partial charge in [-0.15, -0.1) is 0 Å². The number of hydrogen-bond acceptors (Lipinski definition) is 3. The topological polar surface area (TPSA) is 35.2 Å². The van der Waals surface area contributed by atoms with Crippen LogP contribution in [0.5, 0.6) is 5.75 Å². The van der Waals surface area contributed by atoms with Gasteiger partial charge in [-0.2, -0.15) is 0 Å². The molecule has 0 atom stereocenters. The van der Waals surface area contributed by atoms with Gasteiger partial charge >= 0.3 is 0 Å². The molecule has 18 heavy (non-hydrogen) atoms. The van der Waals surface area contributed by atoms with Crippen molar-refractivity contribution in [1.82, 2.24) is 0 Å². The summed E-state index contributed by atoms with van der Waals surface area (Å²) in [5, 5.41) is 0.740. The van der Waals surface area contributed by atoms with Gasteiger partial charge in [-0.3, -0.25) is 0 Å². The zero-order valence-corrected chi connectivity index (χ0v) is 11.6. The van der Waals surface area contributed by atoms with E-state index in [1.807, 2.05) is 42.5 Å². The van der Waals surface area contributed by atoms with Gasteiger partial charge in [0.15, 0.2) is 0 Å². The Labute approximate surface area is 116 Å². The summed E-state index contributed by atoms with van der Waals surface area (Å²) < 4.78 is 5.24. The van der Waals surface area contributed by atoms with Crippen LogP contribution in [0.2, 0.25) is 5.02 Å². The number of ether oxygens (including phenoxy) is 1. The molecule has 0 spiro atoms. The first-order valence-electron chi connectivity index (χ1n) is 5.53. The third kappa shape index (κ3) is 3.19. The third-order valence-electron chi connectivity index (χ3n) is 2.54. The number of benzene rings is 2. The predicted molar refractivity (Wildman–Crippen MR) is 76.5 cm³/mol. The summed E-state index contributed by atoms with van der Waals surface area (Å²) in [6.07, 6.45) is 0. The van der Waals surface area contributed by atoms with Gasteiger partial charge in [-0.25, -0.2) is 0 Å². The Balaban J connectivity index is 2.29. The largest absolute Gasteiger partial charge is 0.497 e. The van der Waals surface area contributed by atoms with Gasteiger partial charge in [-0.05, 0) is 42.0 Å². The van der Waals surface area contributed by atoms with Gasteiger partial charge in [0, 0.05) is 21.4 Å². The van der Waals surface area contributed by atoms with E-state index < -0.39 is 0 Å². The lowest BCUT2D eigenvalue weighted by Crippen LogP contribution is -1.98. The average molecular weight is 280 g/mol. The molecule has 0 saturated carbocycles. The Kier molecular flexibility index (Phi) is 4.53. The highest BCUT2D eigenvalue weighted by Gasteiger charge is 2.05. The Hall–Kier alpha value is -1.16. The van der Waals surface area contributed by atoms with Crippen molar-refractivity contribution in [2.75, 3.05) is 7.11 Å². The van der Waals surface area contributed by atoms with Crippen molar-refractivity contribution in [3.63, 3.8) is 0 Å². The van der Waals surface area contributed by atoms with Crippen LogP contribution in [0.25, 0.3) is 0 Å². The van der Waals surface area contributed by atoms with Gasteiger partial charge in [-0.1, -0.05) is 29.4 Å². The van der Waals surface area contributed by atoms with Crippen LogP contribution in [-0.2, 0) is 6.54 Å². The van der Waals surface area contributed by atoms with Crippen molar-refractivity contribution < 1.29 is 4.74 Å². The van der Waals surface area contributed by atoms with Gasteiger partial charge in [0.05, 0.1) is 7.11 Å². The van der Waals surface area contributed by atoms with Crippen molar-refractivity contribution in [2.45, 2.75) is 16.3 Å². The quantitative estimate of drug-likeness (QED) is 0.920. The fourth-order valence-electron chi connectivity index (χ4n) is 1.56. The molecular formula is C14H14ClNOS. The minimum atomic E-state index is 0.514. The second-order valence-electron chi connectivity index (χ2n) is 3.73. The number of rotatable bonds is 4. The molecule has 0 aliphatic heterocycles. The summed E-state index contributed by atoms with van der Waals surface area (Å²) in [6.45, 7) is 0.514. The minimum Gasteiger partial charge on any atom is -0.497 e. The number of hydrogen-bond donors (Lipinski definition) is 1. The molecule has 0 aliphatic carbocycles. The number of methoxy groups -OCH3 is 1. The van der Waals surface area contributed by atoms with Gasteiger partial charge in [0.2, 0.25) is 0 Å². The van der Waals surface area contributed by atoms with Crippen molar-refractivity contribution in [3.05, 3.63) is 53.1 Å². The second-order valence-corrected chi connectivity index (χ2v) is 5.29. The molecule has 0 aromatic heterocycles. The van der Waals surface area contributed by atoms with Crippen LogP contribution in [-0.4, -0.2) is 7.11 Å². The maximum atomic E-state index is 5.87. The zero-order valence-electron chi connectivity index (χ0n) is 10.0. The molecule has 0 saturated heterocycles. The second kappa shape index (κ2) is 6.14. The molecule has 0 radical (unpaired) electrons. The van der Waals surface area contributed by atoms with Crippen molar-refractivity contribution in [2.24, 2.45) is 5.73 Å². The van der Waals surface area contributed by atoms with E-state index in [1.165, 1.54) is 0 Å². The fourth-order valence-corrected chi connectivity index (χ4v) is 2.66. The summed E-state index contributed by atoms with van der Waals surface area (Å²) in [6, 6.07) is 13.7. The summed E-state index contributed by atoms with van der Waals surface area (Å²) in [7, 11) is 1.66. The van der Waals surface area contributed by atoms with Crippen LogP contribution in [0.1, 0.15) is 5.56 Å². The molecule has 2 rings (SSSR count). The Morgan fingerprint density at radius 3 is 2.50 bits per heavy atom. The van der Waals surface area contributed by atoms with Crippen molar-refractivity contribution in [1.29, 1.82) is 0 Å². The molecule has 2 aromatic rings. The molecule has 0 unspecified atom stereocenters. The van der Waals surface area contributed by atoms with Crippen LogP contribution in [0.4, 0.5) is 0 Å². The first-order valence-corrected chi connectivity index (χ1v) is 6.73. The Morgan fingerprint density at radius 2 is 1.89 bits per heavy atom. The molecule has 2 N–H and O–H groups in total. The maximum Gasteiger partial charge on any atom is 0.120 e. The van der Waals surface area contributed by atoms with Gasteiger partial charge < -0.3 is 10.5 Å².